The fourth-order valence-electron chi connectivity index (χ4n) is 3.25. The number of nitrogens with one attached hydrogen (secondary N) is 1. The van der Waals surface area contributed by atoms with Crippen LogP contribution in [0.25, 0.3) is 0 Å². The van der Waals surface area contributed by atoms with Gasteiger partial charge in [0.15, 0.2) is 11.5 Å². The molecule has 0 spiro atoms. The van der Waals surface area contributed by atoms with Crippen molar-refractivity contribution in [2.24, 2.45) is 0 Å². The Kier molecular flexibility index (Phi) is 5.20. The average molecular weight is 327 g/mol. The van der Waals surface area contributed by atoms with Crippen LogP contribution in [0.2, 0.25) is 0 Å². The minimum atomic E-state index is 0.620. The van der Waals surface area contributed by atoms with Crippen LogP contribution in [0.1, 0.15) is 29.3 Å². The molecule has 1 aliphatic heterocycles. The highest BCUT2D eigenvalue weighted by Crippen LogP contribution is 2.34. The van der Waals surface area contributed by atoms with Crippen molar-refractivity contribution in [2.45, 2.75) is 32.9 Å². The second kappa shape index (κ2) is 7.53. The van der Waals surface area contributed by atoms with Gasteiger partial charge >= 0.3 is 0 Å². The van der Waals surface area contributed by atoms with Crippen molar-refractivity contribution in [1.29, 1.82) is 0 Å². The normalized spacial score (nSPS) is 14.2. The van der Waals surface area contributed by atoms with Crippen LogP contribution in [-0.2, 0) is 25.9 Å². The van der Waals surface area contributed by atoms with Crippen LogP contribution in [0.4, 0.5) is 0 Å². The molecule has 5 nitrogen and oxygen atoms in total. The number of nitrogens with zero attached hydrogens (tertiary/aromatic N) is 2. The molecule has 0 aliphatic carbocycles. The summed E-state index contributed by atoms with van der Waals surface area (Å²) >= 11 is 0. The quantitative estimate of drug-likeness (QED) is 0.794. The first-order chi connectivity index (χ1) is 11.7. The van der Waals surface area contributed by atoms with E-state index in [2.05, 4.69) is 33.8 Å². The van der Waals surface area contributed by atoms with Crippen molar-refractivity contribution in [3.05, 3.63) is 53.4 Å². The molecule has 1 aliphatic rings. The van der Waals surface area contributed by atoms with Crippen LogP contribution in [0.15, 0.2) is 31.0 Å². The molecular weight excluding hydrogens is 302 g/mol. The summed E-state index contributed by atoms with van der Waals surface area (Å²) in [7, 11) is 1.69. The molecule has 1 aromatic carbocycles. The van der Waals surface area contributed by atoms with Gasteiger partial charge in [0.25, 0.3) is 0 Å². The topological polar surface area (TPSA) is 50.4 Å². The minimum Gasteiger partial charge on any atom is -0.493 e. The van der Waals surface area contributed by atoms with Crippen LogP contribution >= 0.6 is 0 Å². The Bertz CT molecular complexity index is 709. The largest absolute Gasteiger partial charge is 0.493 e. The van der Waals surface area contributed by atoms with Crippen molar-refractivity contribution >= 4 is 0 Å². The van der Waals surface area contributed by atoms with Crippen molar-refractivity contribution in [3.63, 3.8) is 0 Å². The number of fused-ring (bicyclic) bond motifs is 1. The number of hydrogen-bond donors (Lipinski definition) is 1. The molecule has 2 heterocycles. The first kappa shape index (κ1) is 16.6. The van der Waals surface area contributed by atoms with Crippen LogP contribution in [-0.4, -0.2) is 35.4 Å². The Balaban J connectivity index is 1.82. The molecule has 2 aromatic rings. The highest BCUT2D eigenvalue weighted by atomic mass is 16.5. The first-order valence-electron chi connectivity index (χ1n) is 8.42. The number of benzene rings is 1. The smallest absolute Gasteiger partial charge is 0.164 e. The van der Waals surface area contributed by atoms with Gasteiger partial charge in [-0.2, -0.15) is 5.10 Å². The number of rotatable bonds is 7. The number of aromatic amines is 1. The van der Waals surface area contributed by atoms with E-state index in [1.54, 1.807) is 7.11 Å². The first-order valence-corrected chi connectivity index (χ1v) is 8.42. The van der Waals surface area contributed by atoms with E-state index in [0.717, 1.165) is 49.5 Å². The highest BCUT2D eigenvalue weighted by molar-refractivity contribution is 5.50. The van der Waals surface area contributed by atoms with Gasteiger partial charge in [0.1, 0.15) is 0 Å². The van der Waals surface area contributed by atoms with Gasteiger partial charge in [-0.25, -0.2) is 0 Å². The molecule has 1 aromatic heterocycles. The Labute approximate surface area is 143 Å². The molecule has 0 unspecified atom stereocenters. The minimum absolute atomic E-state index is 0.620. The molecule has 0 fully saturated rings. The number of hydrogen-bond acceptors (Lipinski definition) is 4. The molecule has 0 atom stereocenters. The predicted octanol–water partition coefficient (Wildman–Crippen LogP) is 3.10. The van der Waals surface area contributed by atoms with Gasteiger partial charge in [0.2, 0.25) is 0 Å². The molecule has 5 heteroatoms. The lowest BCUT2D eigenvalue weighted by molar-refractivity contribution is 0.244. The van der Waals surface area contributed by atoms with Crippen molar-refractivity contribution in [2.75, 3.05) is 20.3 Å². The SMILES string of the molecule is C=CCc1cc(CN2CCc3[nH]ncc3C2)cc(OC)c1OCC. The summed E-state index contributed by atoms with van der Waals surface area (Å²) in [4.78, 5) is 2.44. The van der Waals surface area contributed by atoms with Crippen molar-refractivity contribution in [1.82, 2.24) is 15.1 Å². The number of allylic oxidation sites excluding steroid dienone is 1. The zero-order valence-electron chi connectivity index (χ0n) is 14.5. The Morgan fingerprint density at radius 3 is 3.04 bits per heavy atom. The summed E-state index contributed by atoms with van der Waals surface area (Å²) in [5.41, 5.74) is 4.93. The molecule has 0 bridgehead atoms. The summed E-state index contributed by atoms with van der Waals surface area (Å²) in [5, 5.41) is 7.23. The molecular formula is C19H25N3O2. The summed E-state index contributed by atoms with van der Waals surface area (Å²) < 4.78 is 11.4. The lowest BCUT2D eigenvalue weighted by Gasteiger charge is -2.27. The fraction of sp³-hybridized carbons (Fsp3) is 0.421. The molecule has 0 amide bonds. The summed E-state index contributed by atoms with van der Waals surface area (Å²) in [6, 6.07) is 4.29. The number of methoxy groups -OCH3 is 1. The predicted molar refractivity (Wildman–Crippen MR) is 94.5 cm³/mol. The average Bonchev–Trinajstić information content (AvgIpc) is 3.05. The van der Waals surface area contributed by atoms with Crippen LogP contribution in [0.3, 0.4) is 0 Å². The second-order valence-electron chi connectivity index (χ2n) is 6.05. The van der Waals surface area contributed by atoms with E-state index in [0.29, 0.717) is 6.61 Å². The standard InChI is InChI=1S/C19H25N3O2/c1-4-6-15-9-14(10-18(23-3)19(15)24-5-2)12-22-8-7-17-16(13-22)11-20-21-17/h4,9-11H,1,5-8,12-13H2,2-3H3,(H,20,21). The number of H-pyrrole nitrogens is 1. The van der Waals surface area contributed by atoms with E-state index in [9.17, 15) is 0 Å². The van der Waals surface area contributed by atoms with E-state index >= 15 is 0 Å². The van der Waals surface area contributed by atoms with Gasteiger partial charge in [-0.3, -0.25) is 10.00 Å². The Morgan fingerprint density at radius 2 is 2.29 bits per heavy atom. The maximum atomic E-state index is 5.79. The number of ether oxygens (including phenoxy) is 2. The van der Waals surface area contributed by atoms with Crippen LogP contribution in [0, 0.1) is 0 Å². The third-order valence-electron chi connectivity index (χ3n) is 4.35. The van der Waals surface area contributed by atoms with E-state index in [1.165, 1.54) is 16.8 Å². The summed E-state index contributed by atoms with van der Waals surface area (Å²) in [6.07, 6.45) is 5.62. The van der Waals surface area contributed by atoms with Gasteiger partial charge in [0, 0.05) is 42.9 Å². The van der Waals surface area contributed by atoms with E-state index in [4.69, 9.17) is 9.47 Å². The van der Waals surface area contributed by atoms with E-state index < -0.39 is 0 Å². The van der Waals surface area contributed by atoms with E-state index in [1.807, 2.05) is 19.2 Å². The van der Waals surface area contributed by atoms with Gasteiger partial charge in [0.05, 0.1) is 19.9 Å². The van der Waals surface area contributed by atoms with Gasteiger partial charge in [-0.1, -0.05) is 12.1 Å². The third kappa shape index (κ3) is 3.46. The fourth-order valence-corrected chi connectivity index (χ4v) is 3.25. The molecule has 0 saturated heterocycles. The lowest BCUT2D eigenvalue weighted by atomic mass is 10.0. The van der Waals surface area contributed by atoms with Gasteiger partial charge < -0.3 is 9.47 Å². The van der Waals surface area contributed by atoms with Gasteiger partial charge in [-0.15, -0.1) is 6.58 Å². The Morgan fingerprint density at radius 1 is 1.42 bits per heavy atom. The molecule has 0 radical (unpaired) electrons. The highest BCUT2D eigenvalue weighted by Gasteiger charge is 2.19. The summed E-state index contributed by atoms with van der Waals surface area (Å²) in [6.45, 7) is 9.31. The van der Waals surface area contributed by atoms with Crippen LogP contribution in [0.5, 0.6) is 11.5 Å². The molecule has 24 heavy (non-hydrogen) atoms. The molecule has 0 saturated carbocycles. The number of aromatic nitrogens is 2. The maximum absolute atomic E-state index is 5.79. The van der Waals surface area contributed by atoms with Crippen LogP contribution < -0.4 is 9.47 Å². The maximum Gasteiger partial charge on any atom is 0.164 e. The second-order valence-corrected chi connectivity index (χ2v) is 6.05. The van der Waals surface area contributed by atoms with Gasteiger partial charge in [-0.05, 0) is 25.0 Å². The monoisotopic (exact) mass is 327 g/mol. The zero-order valence-corrected chi connectivity index (χ0v) is 14.5. The van der Waals surface area contributed by atoms with Crippen molar-refractivity contribution < 1.29 is 9.47 Å². The third-order valence-corrected chi connectivity index (χ3v) is 4.35. The summed E-state index contributed by atoms with van der Waals surface area (Å²) in [5.74, 6) is 1.63. The molecule has 3 rings (SSSR count). The Hall–Kier alpha value is -2.27. The van der Waals surface area contributed by atoms with E-state index in [-0.39, 0.29) is 0 Å². The lowest BCUT2D eigenvalue weighted by Crippen LogP contribution is -2.29. The molecule has 1 N–H and O–H groups in total. The van der Waals surface area contributed by atoms with Crippen molar-refractivity contribution in [3.8, 4) is 11.5 Å². The molecule has 128 valence electrons. The zero-order chi connectivity index (χ0) is 16.9.